The molecule has 27 heteroatoms. The largest absolute Gasteiger partial charge is 0.493 e. The second-order valence-electron chi connectivity index (χ2n) is 22.6. The number of fused-ring (bicyclic) bond motifs is 2. The molecule has 91 heavy (non-hydrogen) atoms. The number of rotatable bonds is 32. The predicted octanol–water partition coefficient (Wildman–Crippen LogP) is 7.12. The average molecular weight is 1280 g/mol. The summed E-state index contributed by atoms with van der Waals surface area (Å²) >= 11 is 0. The lowest BCUT2D eigenvalue weighted by atomic mass is 10.0. The number of pyridine rings is 2. The number of methoxy groups -OCH3 is 2. The molecular formula is C64H82N12O14S. The number of likely N-dealkylation sites (N-methyl/N-ethyl adjacent to an activating group) is 1. The van der Waals surface area contributed by atoms with Crippen molar-refractivity contribution in [1.82, 2.24) is 43.8 Å². The van der Waals surface area contributed by atoms with Crippen LogP contribution in [-0.2, 0) is 43.2 Å². The van der Waals surface area contributed by atoms with Crippen LogP contribution in [0.3, 0.4) is 0 Å². The average Bonchev–Trinajstić information content (AvgIpc) is 1.81. The highest BCUT2D eigenvalue weighted by atomic mass is 32.2. The lowest BCUT2D eigenvalue weighted by Crippen LogP contribution is -2.49. The molecule has 488 valence electrons. The Labute approximate surface area is 528 Å². The van der Waals surface area contributed by atoms with Crippen LogP contribution in [0, 0.1) is 6.92 Å². The summed E-state index contributed by atoms with van der Waals surface area (Å²) in [6.07, 6.45) is 9.59. The molecule has 9 rings (SSSR count). The van der Waals surface area contributed by atoms with Crippen LogP contribution in [0.25, 0.3) is 22.1 Å². The number of carbonyl (C=O) groups is 3. The number of aromatic nitrogens is 6. The Morgan fingerprint density at radius 2 is 1.45 bits per heavy atom. The molecule has 2 amide bonds. The van der Waals surface area contributed by atoms with Crippen LogP contribution in [0.15, 0.2) is 87.5 Å². The molecule has 3 aromatic carbocycles. The molecule has 2 aliphatic rings. The number of Topliss-reactive ketones (excluding diaryl/α,β-unsaturated/α-hetero) is 1. The van der Waals surface area contributed by atoms with E-state index in [1.54, 1.807) is 68.3 Å². The van der Waals surface area contributed by atoms with E-state index in [4.69, 9.17) is 38.1 Å². The Hall–Kier alpha value is -8.79. The SMILES string of the molecule is CCCOc1cc(OCCCCN(C)CC(=O)NCCOCCOCCC(=O)N2CCN(c3ccc(Nc4ncc5c(C)c(C(C)=O)c(=O)n(C6CCCC6)c5n4)nc3)CC2)cc(Oc2cc3c(cc2NS(=O)(=O)c2ccc(OC)c(OC)c2)n(C)c(=O)n3C)c1. The van der Waals surface area contributed by atoms with Gasteiger partial charge < -0.3 is 53.6 Å². The standard InChI is InChI=1S/C64H82N12O14S/c1-9-27-88-46-33-47(35-48(34-46)90-55-38-53-52(72(5)64(81)73(53)6)37-51(55)70-91(82,83)49-17-18-54(84-7)56(36-49)85-8)89-28-13-12-22-71(4)41-58(78)65-21-30-87-32-31-86-29-20-59(79)75-25-23-74(24-26-75)45-16-19-57(66-39-45)68-63-67-40-50-42(2)60(43(3)77)62(80)76(61(50)69-63)44-14-10-11-15-44/h16-19,33-40,44,70H,9-15,20-32,41H2,1-8H3,(H,65,78)(H,66,67,68,69). The molecule has 1 aliphatic heterocycles. The molecule has 1 saturated heterocycles. The van der Waals surface area contributed by atoms with E-state index in [1.165, 1.54) is 48.5 Å². The molecule has 2 fully saturated rings. The number of amides is 2. The van der Waals surface area contributed by atoms with Crippen molar-refractivity contribution in [3.63, 3.8) is 0 Å². The number of aryl methyl sites for hydroxylation is 3. The second-order valence-corrected chi connectivity index (χ2v) is 24.2. The number of hydrogen-bond acceptors (Lipinski definition) is 20. The van der Waals surface area contributed by atoms with Crippen molar-refractivity contribution in [2.24, 2.45) is 14.1 Å². The predicted molar refractivity (Wildman–Crippen MR) is 345 cm³/mol. The van der Waals surface area contributed by atoms with E-state index >= 15 is 0 Å². The summed E-state index contributed by atoms with van der Waals surface area (Å²) in [4.78, 5) is 84.7. The monoisotopic (exact) mass is 1270 g/mol. The number of benzene rings is 3. The highest BCUT2D eigenvalue weighted by molar-refractivity contribution is 7.92. The van der Waals surface area contributed by atoms with Gasteiger partial charge in [0.2, 0.25) is 17.8 Å². The first-order valence-corrected chi connectivity index (χ1v) is 32.2. The van der Waals surface area contributed by atoms with Crippen molar-refractivity contribution in [2.75, 3.05) is 122 Å². The molecule has 0 unspecified atom stereocenters. The van der Waals surface area contributed by atoms with E-state index in [0.29, 0.717) is 141 Å². The van der Waals surface area contributed by atoms with E-state index in [9.17, 15) is 32.4 Å². The normalized spacial score (nSPS) is 13.7. The molecule has 1 aliphatic carbocycles. The number of carbonyl (C=O) groups excluding carboxylic acids is 3. The quantitative estimate of drug-likeness (QED) is 0.0279. The number of hydrogen-bond donors (Lipinski definition) is 3. The number of ether oxygens (including phenoxy) is 7. The van der Waals surface area contributed by atoms with Gasteiger partial charge in [0.25, 0.3) is 15.6 Å². The Kier molecular flexibility index (Phi) is 22.6. The van der Waals surface area contributed by atoms with Gasteiger partial charge in [-0.3, -0.25) is 42.5 Å². The molecular weight excluding hydrogens is 1190 g/mol. The van der Waals surface area contributed by atoms with Crippen LogP contribution >= 0.6 is 0 Å². The number of nitrogens with zero attached hydrogens (tertiary/aromatic N) is 9. The van der Waals surface area contributed by atoms with Crippen LogP contribution in [0.1, 0.15) is 87.2 Å². The zero-order valence-corrected chi connectivity index (χ0v) is 53.8. The van der Waals surface area contributed by atoms with Crippen LogP contribution < -0.4 is 55.2 Å². The maximum absolute atomic E-state index is 13.9. The topological polar surface area (TPSA) is 283 Å². The lowest BCUT2D eigenvalue weighted by molar-refractivity contribution is -0.132. The van der Waals surface area contributed by atoms with Gasteiger partial charge in [0.05, 0.1) is 106 Å². The molecule has 0 radical (unpaired) electrons. The van der Waals surface area contributed by atoms with Gasteiger partial charge in [-0.2, -0.15) is 4.98 Å². The highest BCUT2D eigenvalue weighted by Gasteiger charge is 2.28. The Morgan fingerprint density at radius 3 is 2.13 bits per heavy atom. The summed E-state index contributed by atoms with van der Waals surface area (Å²) in [7, 11) is 3.74. The zero-order chi connectivity index (χ0) is 64.8. The van der Waals surface area contributed by atoms with Crippen LogP contribution in [0.5, 0.6) is 34.5 Å². The minimum atomic E-state index is -4.22. The Morgan fingerprint density at radius 1 is 0.758 bits per heavy atom. The van der Waals surface area contributed by atoms with Crippen molar-refractivity contribution in [1.29, 1.82) is 0 Å². The third-order valence-electron chi connectivity index (χ3n) is 16.1. The third-order valence-corrected chi connectivity index (χ3v) is 17.5. The molecule has 0 bridgehead atoms. The number of imidazole rings is 1. The second kappa shape index (κ2) is 30.8. The van der Waals surface area contributed by atoms with Gasteiger partial charge >= 0.3 is 5.69 Å². The van der Waals surface area contributed by atoms with Gasteiger partial charge in [0, 0.05) is 94.8 Å². The number of unbranched alkanes of at least 4 members (excludes halogenated alkanes) is 1. The van der Waals surface area contributed by atoms with Gasteiger partial charge in [-0.25, -0.2) is 23.2 Å². The molecule has 1 saturated carbocycles. The van der Waals surface area contributed by atoms with Gasteiger partial charge in [0.1, 0.15) is 28.7 Å². The molecule has 4 aromatic heterocycles. The van der Waals surface area contributed by atoms with Crippen LogP contribution in [0.2, 0.25) is 0 Å². The first-order chi connectivity index (χ1) is 43.9. The van der Waals surface area contributed by atoms with Gasteiger partial charge in [0.15, 0.2) is 23.0 Å². The first kappa shape index (κ1) is 66.6. The fourth-order valence-electron chi connectivity index (χ4n) is 11.2. The fourth-order valence-corrected chi connectivity index (χ4v) is 12.3. The summed E-state index contributed by atoms with van der Waals surface area (Å²) in [6.45, 7) is 10.8. The van der Waals surface area contributed by atoms with Crippen molar-refractivity contribution in [3.8, 4) is 34.5 Å². The summed E-state index contributed by atoms with van der Waals surface area (Å²) in [5.41, 5.74) is 2.66. The van der Waals surface area contributed by atoms with E-state index < -0.39 is 10.0 Å². The minimum absolute atomic E-state index is 0.0218. The van der Waals surface area contributed by atoms with E-state index in [-0.39, 0.29) is 82.1 Å². The van der Waals surface area contributed by atoms with E-state index in [2.05, 4.69) is 30.2 Å². The minimum Gasteiger partial charge on any atom is -0.493 e. The van der Waals surface area contributed by atoms with Crippen molar-refractivity contribution in [3.05, 3.63) is 105 Å². The third kappa shape index (κ3) is 16.6. The smallest absolute Gasteiger partial charge is 0.328 e. The number of ketones is 1. The molecule has 3 N–H and O–H groups in total. The Balaban J connectivity index is 0.645. The summed E-state index contributed by atoms with van der Waals surface area (Å²) in [5, 5.41) is 6.74. The maximum Gasteiger partial charge on any atom is 0.328 e. The maximum atomic E-state index is 13.9. The van der Waals surface area contributed by atoms with E-state index in [1.807, 2.05) is 35.9 Å². The van der Waals surface area contributed by atoms with Crippen LogP contribution in [0.4, 0.5) is 23.1 Å². The van der Waals surface area contributed by atoms with Gasteiger partial charge in [-0.15, -0.1) is 0 Å². The number of anilines is 4. The number of sulfonamides is 1. The fraction of sp³-hybridized carbons (Fsp3) is 0.469. The van der Waals surface area contributed by atoms with Crippen molar-refractivity contribution < 1.29 is 56.0 Å². The molecule has 5 heterocycles. The zero-order valence-electron chi connectivity index (χ0n) is 53.0. The van der Waals surface area contributed by atoms with Crippen molar-refractivity contribution in [2.45, 2.75) is 83.1 Å². The molecule has 7 aromatic rings. The van der Waals surface area contributed by atoms with E-state index in [0.717, 1.165) is 44.2 Å². The van der Waals surface area contributed by atoms with Gasteiger partial charge in [-0.1, -0.05) is 19.8 Å². The Bertz CT molecular complexity index is 3950. The first-order valence-electron chi connectivity index (χ1n) is 30.7. The van der Waals surface area contributed by atoms with Gasteiger partial charge in [-0.05, 0) is 95.4 Å². The molecule has 0 spiro atoms. The summed E-state index contributed by atoms with van der Waals surface area (Å²) in [6, 6.07) is 16.3. The van der Waals surface area contributed by atoms with Crippen LogP contribution in [-0.4, -0.2) is 171 Å². The number of piperazine rings is 1. The highest BCUT2D eigenvalue weighted by Crippen LogP contribution is 2.39. The molecule has 0 atom stereocenters. The summed E-state index contributed by atoms with van der Waals surface area (Å²) in [5.74, 6) is 2.41. The number of nitrogens with one attached hydrogen (secondary N) is 3. The lowest BCUT2D eigenvalue weighted by Gasteiger charge is -2.36. The van der Waals surface area contributed by atoms with Crippen molar-refractivity contribution >= 4 is 72.8 Å². The molecule has 26 nitrogen and oxygen atoms in total. The summed E-state index contributed by atoms with van der Waals surface area (Å²) < 4.78 is 75.6.